The van der Waals surface area contributed by atoms with Gasteiger partial charge in [0.25, 0.3) is 0 Å². The molecule has 0 saturated carbocycles. The molecular weight excluding hydrogens is 364 g/mol. The number of carbonyl (C=O) groups excluding carboxylic acids is 2. The molecule has 0 aliphatic carbocycles. The number of fused-ring (bicyclic) bond motifs is 2. The number of carbonyl (C=O) groups is 2. The standard InChI is InChI=1S/C23H26N4O2/c1-25-14-18(22(28)26-13-7-9-16-8-5-6-12-20(16)26)21-19(15-25)23(29)27(24-21)17-10-3-2-4-11-17/h2-6,8,10-12,18-19,21,24H,7,9,13-15H2,1H3. The minimum absolute atomic E-state index is 0.0459. The van der Waals surface area contributed by atoms with Gasteiger partial charge in [0.15, 0.2) is 0 Å². The predicted molar refractivity (Wildman–Crippen MR) is 112 cm³/mol. The number of hydrogen-bond acceptors (Lipinski definition) is 4. The molecule has 2 aromatic carbocycles. The van der Waals surface area contributed by atoms with E-state index in [9.17, 15) is 9.59 Å². The van der Waals surface area contributed by atoms with Gasteiger partial charge in [0, 0.05) is 25.3 Å². The fourth-order valence-corrected chi connectivity index (χ4v) is 5.02. The molecule has 6 heteroatoms. The molecule has 3 heterocycles. The number of aryl methyl sites for hydroxylation is 1. The van der Waals surface area contributed by atoms with E-state index in [1.807, 2.05) is 60.5 Å². The lowest BCUT2D eigenvalue weighted by molar-refractivity contribution is -0.127. The van der Waals surface area contributed by atoms with Gasteiger partial charge < -0.3 is 9.80 Å². The van der Waals surface area contributed by atoms with Crippen LogP contribution >= 0.6 is 0 Å². The van der Waals surface area contributed by atoms with E-state index in [4.69, 9.17) is 0 Å². The largest absolute Gasteiger partial charge is 0.312 e. The Kier molecular flexibility index (Phi) is 4.60. The highest BCUT2D eigenvalue weighted by Crippen LogP contribution is 2.34. The molecule has 0 bridgehead atoms. The van der Waals surface area contributed by atoms with Crippen molar-refractivity contribution in [1.29, 1.82) is 0 Å². The van der Waals surface area contributed by atoms with Crippen molar-refractivity contribution in [2.45, 2.75) is 18.9 Å². The summed E-state index contributed by atoms with van der Waals surface area (Å²) in [6, 6.07) is 17.6. The van der Waals surface area contributed by atoms with Crippen LogP contribution < -0.4 is 15.3 Å². The van der Waals surface area contributed by atoms with E-state index < -0.39 is 0 Å². The maximum atomic E-state index is 13.7. The first kappa shape index (κ1) is 18.3. The number of para-hydroxylation sites is 2. The van der Waals surface area contributed by atoms with Crippen LogP contribution in [0.3, 0.4) is 0 Å². The van der Waals surface area contributed by atoms with Gasteiger partial charge in [-0.1, -0.05) is 36.4 Å². The first-order chi connectivity index (χ1) is 14.1. The normalized spacial score (nSPS) is 26.9. The molecule has 1 N–H and O–H groups in total. The van der Waals surface area contributed by atoms with Crippen LogP contribution in [0.1, 0.15) is 12.0 Å². The Morgan fingerprint density at radius 2 is 1.79 bits per heavy atom. The van der Waals surface area contributed by atoms with Gasteiger partial charge in [-0.3, -0.25) is 9.59 Å². The monoisotopic (exact) mass is 390 g/mol. The van der Waals surface area contributed by atoms with Crippen molar-refractivity contribution in [3.8, 4) is 0 Å². The third kappa shape index (κ3) is 3.12. The summed E-state index contributed by atoms with van der Waals surface area (Å²) in [6.07, 6.45) is 1.98. The summed E-state index contributed by atoms with van der Waals surface area (Å²) in [6.45, 7) is 2.06. The Bertz CT molecular complexity index is 931. The average molecular weight is 390 g/mol. The fourth-order valence-electron chi connectivity index (χ4n) is 5.02. The summed E-state index contributed by atoms with van der Waals surface area (Å²) < 4.78 is 0. The highest BCUT2D eigenvalue weighted by molar-refractivity contribution is 6.01. The van der Waals surface area contributed by atoms with Gasteiger partial charge in [-0.15, -0.1) is 0 Å². The first-order valence-electron chi connectivity index (χ1n) is 10.4. The quantitative estimate of drug-likeness (QED) is 0.853. The molecule has 0 aromatic heterocycles. The van der Waals surface area contributed by atoms with E-state index in [2.05, 4.69) is 16.4 Å². The lowest BCUT2D eigenvalue weighted by Crippen LogP contribution is -2.57. The number of rotatable bonds is 2. The number of likely N-dealkylation sites (tertiary alicyclic amines) is 1. The number of nitrogens with zero attached hydrogens (tertiary/aromatic N) is 3. The molecule has 3 unspecified atom stereocenters. The molecule has 0 radical (unpaired) electrons. The predicted octanol–water partition coefficient (Wildman–Crippen LogP) is 2.06. The summed E-state index contributed by atoms with van der Waals surface area (Å²) in [4.78, 5) is 30.9. The van der Waals surface area contributed by atoms with Crippen molar-refractivity contribution in [2.75, 3.05) is 36.6 Å². The van der Waals surface area contributed by atoms with Crippen LogP contribution in [-0.2, 0) is 16.0 Å². The third-order valence-corrected chi connectivity index (χ3v) is 6.41. The van der Waals surface area contributed by atoms with E-state index >= 15 is 0 Å². The van der Waals surface area contributed by atoms with Crippen molar-refractivity contribution in [3.63, 3.8) is 0 Å². The SMILES string of the molecule is CN1CC(C(=O)N2CCCc3ccccc32)C2NN(c3ccccc3)C(=O)C2C1. The maximum Gasteiger partial charge on any atom is 0.247 e. The molecule has 2 saturated heterocycles. The van der Waals surface area contributed by atoms with E-state index in [1.165, 1.54) is 5.56 Å². The summed E-state index contributed by atoms with van der Waals surface area (Å²) in [7, 11) is 2.00. The van der Waals surface area contributed by atoms with Crippen LogP contribution in [0, 0.1) is 11.8 Å². The van der Waals surface area contributed by atoms with Crippen LogP contribution in [0.5, 0.6) is 0 Å². The number of nitrogens with one attached hydrogen (secondary N) is 1. The molecule has 6 nitrogen and oxygen atoms in total. The number of anilines is 2. The second-order valence-electron chi connectivity index (χ2n) is 8.32. The number of benzene rings is 2. The van der Waals surface area contributed by atoms with E-state index in [-0.39, 0.29) is 29.7 Å². The molecular formula is C23H26N4O2. The van der Waals surface area contributed by atoms with Gasteiger partial charge in [0.05, 0.1) is 23.6 Å². The number of amides is 2. The fraction of sp³-hybridized carbons (Fsp3) is 0.391. The molecule has 3 atom stereocenters. The second-order valence-corrected chi connectivity index (χ2v) is 8.32. The van der Waals surface area contributed by atoms with Crippen LogP contribution in [0.2, 0.25) is 0 Å². The van der Waals surface area contributed by atoms with E-state index in [0.717, 1.165) is 30.8 Å². The third-order valence-electron chi connectivity index (χ3n) is 6.41. The van der Waals surface area contributed by atoms with Crippen LogP contribution in [0.15, 0.2) is 54.6 Å². The Morgan fingerprint density at radius 3 is 2.62 bits per heavy atom. The maximum absolute atomic E-state index is 13.7. The van der Waals surface area contributed by atoms with Crippen LogP contribution in [0.4, 0.5) is 11.4 Å². The minimum atomic E-state index is -0.262. The average Bonchev–Trinajstić information content (AvgIpc) is 3.09. The molecule has 2 fully saturated rings. The zero-order valence-corrected chi connectivity index (χ0v) is 16.6. The van der Waals surface area contributed by atoms with Crippen molar-refractivity contribution in [2.24, 2.45) is 11.8 Å². The molecule has 29 heavy (non-hydrogen) atoms. The van der Waals surface area contributed by atoms with Gasteiger partial charge in [-0.05, 0) is 43.7 Å². The van der Waals surface area contributed by atoms with Gasteiger partial charge in [-0.25, -0.2) is 10.4 Å². The van der Waals surface area contributed by atoms with Gasteiger partial charge >= 0.3 is 0 Å². The highest BCUT2D eigenvalue weighted by atomic mass is 16.2. The lowest BCUT2D eigenvalue weighted by atomic mass is 9.83. The minimum Gasteiger partial charge on any atom is -0.312 e. The smallest absolute Gasteiger partial charge is 0.247 e. The summed E-state index contributed by atoms with van der Waals surface area (Å²) >= 11 is 0. The summed E-state index contributed by atoms with van der Waals surface area (Å²) in [5.41, 5.74) is 6.46. The van der Waals surface area contributed by atoms with Crippen molar-refractivity contribution in [3.05, 3.63) is 60.2 Å². The van der Waals surface area contributed by atoms with Crippen molar-refractivity contribution < 1.29 is 9.59 Å². The molecule has 2 aromatic rings. The lowest BCUT2D eigenvalue weighted by Gasteiger charge is -2.40. The number of hydrogen-bond donors (Lipinski definition) is 1. The number of hydrazine groups is 1. The van der Waals surface area contributed by atoms with Crippen molar-refractivity contribution in [1.82, 2.24) is 10.3 Å². The van der Waals surface area contributed by atoms with Gasteiger partial charge in [0.1, 0.15) is 0 Å². The van der Waals surface area contributed by atoms with Crippen LogP contribution in [0.25, 0.3) is 0 Å². The summed E-state index contributed by atoms with van der Waals surface area (Å²) in [5.74, 6) is -0.316. The van der Waals surface area contributed by atoms with Crippen molar-refractivity contribution >= 4 is 23.2 Å². The Labute approximate surface area is 171 Å². The van der Waals surface area contributed by atoms with Gasteiger partial charge in [-0.2, -0.15) is 0 Å². The molecule has 150 valence electrons. The molecule has 0 spiro atoms. The number of piperidine rings is 1. The summed E-state index contributed by atoms with van der Waals surface area (Å²) in [5, 5.41) is 1.64. The highest BCUT2D eigenvalue weighted by Gasteiger charge is 2.51. The molecule has 2 amide bonds. The zero-order valence-electron chi connectivity index (χ0n) is 16.6. The molecule has 3 aliphatic rings. The molecule has 5 rings (SSSR count). The first-order valence-corrected chi connectivity index (χ1v) is 10.4. The van der Waals surface area contributed by atoms with E-state index in [0.29, 0.717) is 13.1 Å². The van der Waals surface area contributed by atoms with E-state index in [1.54, 1.807) is 5.01 Å². The Hall–Kier alpha value is -2.70. The zero-order chi connectivity index (χ0) is 20.0. The Morgan fingerprint density at radius 1 is 1.03 bits per heavy atom. The Balaban J connectivity index is 1.45. The van der Waals surface area contributed by atoms with Crippen LogP contribution in [-0.4, -0.2) is 49.4 Å². The molecule has 3 aliphatic heterocycles. The topological polar surface area (TPSA) is 55.9 Å². The second kappa shape index (κ2) is 7.28. The van der Waals surface area contributed by atoms with Gasteiger partial charge in [0.2, 0.25) is 11.8 Å².